The van der Waals surface area contributed by atoms with Gasteiger partial charge in [0.1, 0.15) is 0 Å². The number of carboxylic acids is 1. The zero-order valence-electron chi connectivity index (χ0n) is 11.3. The van der Waals surface area contributed by atoms with Crippen LogP contribution in [0.1, 0.15) is 43.6 Å². The number of aromatic carboxylic acids is 1. The minimum atomic E-state index is -1.02. The summed E-state index contributed by atoms with van der Waals surface area (Å²) in [5.41, 5.74) is 0.956. The van der Waals surface area contributed by atoms with Gasteiger partial charge in [-0.2, -0.15) is 0 Å². The Bertz CT molecular complexity index is 667. The molecule has 0 aliphatic heterocycles. The maximum Gasteiger partial charge on any atom is 0.337 e. The molecule has 0 saturated carbocycles. The van der Waals surface area contributed by atoms with Crippen LogP contribution in [0, 0.1) is 5.92 Å². The summed E-state index contributed by atoms with van der Waals surface area (Å²) in [5.74, 6) is -0.584. The van der Waals surface area contributed by atoms with Crippen LogP contribution in [0.25, 0.3) is 11.0 Å². The third-order valence-electron chi connectivity index (χ3n) is 3.22. The van der Waals surface area contributed by atoms with Crippen molar-refractivity contribution in [2.45, 2.75) is 33.2 Å². The zero-order valence-corrected chi connectivity index (χ0v) is 11.3. The summed E-state index contributed by atoms with van der Waals surface area (Å²) in [5, 5.41) is 9.25. The quantitative estimate of drug-likeness (QED) is 0.889. The van der Waals surface area contributed by atoms with Crippen molar-refractivity contribution in [1.82, 2.24) is 9.55 Å². The second-order valence-corrected chi connectivity index (χ2v) is 5.29. The fourth-order valence-electron chi connectivity index (χ4n) is 2.56. The van der Waals surface area contributed by atoms with Crippen molar-refractivity contribution in [1.29, 1.82) is 0 Å². The summed E-state index contributed by atoms with van der Waals surface area (Å²) >= 11 is 0. The summed E-state index contributed by atoms with van der Waals surface area (Å²) in [6.45, 7) is 6.09. The molecule has 0 bridgehead atoms. The molecule has 2 rings (SSSR count). The molecule has 1 atom stereocenters. The molecule has 0 saturated heterocycles. The minimum Gasteiger partial charge on any atom is -0.478 e. The van der Waals surface area contributed by atoms with Crippen LogP contribution in [-0.2, 0) is 0 Å². The largest absolute Gasteiger partial charge is 0.478 e. The van der Waals surface area contributed by atoms with Crippen LogP contribution in [0.4, 0.5) is 0 Å². The van der Waals surface area contributed by atoms with Gasteiger partial charge in [0.15, 0.2) is 0 Å². The number of H-pyrrole nitrogens is 1. The number of carboxylic acid groups (broad SMARTS) is 1. The molecule has 19 heavy (non-hydrogen) atoms. The Morgan fingerprint density at radius 1 is 1.37 bits per heavy atom. The molecule has 0 aliphatic rings. The van der Waals surface area contributed by atoms with Crippen molar-refractivity contribution in [3.8, 4) is 0 Å². The van der Waals surface area contributed by atoms with Crippen LogP contribution < -0.4 is 5.69 Å². The number of aromatic amines is 1. The van der Waals surface area contributed by atoms with E-state index in [1.807, 2.05) is 6.92 Å². The zero-order chi connectivity index (χ0) is 14.2. The van der Waals surface area contributed by atoms with Gasteiger partial charge in [0.2, 0.25) is 0 Å². The summed E-state index contributed by atoms with van der Waals surface area (Å²) < 4.78 is 1.55. The van der Waals surface area contributed by atoms with Crippen LogP contribution in [0.5, 0.6) is 0 Å². The molecule has 1 unspecified atom stereocenters. The van der Waals surface area contributed by atoms with Crippen molar-refractivity contribution in [3.63, 3.8) is 0 Å². The normalized spacial score (nSPS) is 13.1. The SMILES string of the molecule is CC(C)CC(C)n1c(=O)[nH]c2cccc(C(=O)O)c21. The predicted octanol–water partition coefficient (Wildman–Crippen LogP) is 2.63. The summed E-state index contributed by atoms with van der Waals surface area (Å²) in [7, 11) is 0. The smallest absolute Gasteiger partial charge is 0.337 e. The van der Waals surface area contributed by atoms with Gasteiger partial charge in [-0.1, -0.05) is 19.9 Å². The first-order chi connectivity index (χ1) is 8.91. The van der Waals surface area contributed by atoms with Gasteiger partial charge in [0.05, 0.1) is 16.6 Å². The van der Waals surface area contributed by atoms with Crippen LogP contribution in [-0.4, -0.2) is 20.6 Å². The van der Waals surface area contributed by atoms with Gasteiger partial charge >= 0.3 is 11.7 Å². The molecule has 0 amide bonds. The molecule has 102 valence electrons. The first-order valence-electron chi connectivity index (χ1n) is 6.38. The lowest BCUT2D eigenvalue weighted by molar-refractivity contribution is 0.0698. The summed E-state index contributed by atoms with van der Waals surface area (Å²) in [6, 6.07) is 4.85. The number of carbonyl (C=O) groups is 1. The fourth-order valence-corrected chi connectivity index (χ4v) is 2.56. The number of nitrogens with zero attached hydrogens (tertiary/aromatic N) is 1. The number of benzene rings is 1. The highest BCUT2D eigenvalue weighted by Gasteiger charge is 2.19. The highest BCUT2D eigenvalue weighted by molar-refractivity contribution is 6.01. The number of hydrogen-bond donors (Lipinski definition) is 2. The Labute approximate surface area is 110 Å². The molecule has 2 N–H and O–H groups in total. The second kappa shape index (κ2) is 4.91. The van der Waals surface area contributed by atoms with Gasteiger partial charge < -0.3 is 10.1 Å². The van der Waals surface area contributed by atoms with E-state index < -0.39 is 5.97 Å². The molecular formula is C14H18N2O3. The summed E-state index contributed by atoms with van der Waals surface area (Å²) in [4.78, 5) is 26.1. The maximum absolute atomic E-state index is 12.1. The Kier molecular flexibility index (Phi) is 3.46. The average molecular weight is 262 g/mol. The summed E-state index contributed by atoms with van der Waals surface area (Å²) in [6.07, 6.45) is 0.820. The maximum atomic E-state index is 12.1. The van der Waals surface area contributed by atoms with Gasteiger partial charge in [-0.25, -0.2) is 9.59 Å². The van der Waals surface area contributed by atoms with E-state index in [0.29, 0.717) is 17.0 Å². The average Bonchev–Trinajstić information content (AvgIpc) is 2.63. The van der Waals surface area contributed by atoms with Gasteiger partial charge in [0.25, 0.3) is 0 Å². The van der Waals surface area contributed by atoms with E-state index >= 15 is 0 Å². The molecule has 5 heteroatoms. The molecule has 5 nitrogen and oxygen atoms in total. The van der Waals surface area contributed by atoms with Crippen LogP contribution >= 0.6 is 0 Å². The number of hydrogen-bond acceptors (Lipinski definition) is 2. The number of imidazole rings is 1. The van der Waals surface area contributed by atoms with E-state index in [-0.39, 0.29) is 17.3 Å². The monoisotopic (exact) mass is 262 g/mol. The standard InChI is InChI=1S/C14H18N2O3/c1-8(2)7-9(3)16-12-10(13(17)18)5-4-6-11(12)15-14(16)19/h4-6,8-9H,7H2,1-3H3,(H,15,19)(H,17,18). The molecule has 0 radical (unpaired) electrons. The first-order valence-corrected chi connectivity index (χ1v) is 6.38. The number of fused-ring (bicyclic) bond motifs is 1. The van der Waals surface area contributed by atoms with Crippen molar-refractivity contribution < 1.29 is 9.90 Å². The molecule has 0 spiro atoms. The topological polar surface area (TPSA) is 75.1 Å². The molecular weight excluding hydrogens is 244 g/mol. The van der Waals surface area contributed by atoms with Crippen LogP contribution in [0.2, 0.25) is 0 Å². The number of nitrogens with one attached hydrogen (secondary N) is 1. The Hall–Kier alpha value is -2.04. The van der Waals surface area contributed by atoms with E-state index in [1.54, 1.807) is 16.7 Å². The van der Waals surface area contributed by atoms with Gasteiger partial charge in [-0.3, -0.25) is 4.57 Å². The van der Waals surface area contributed by atoms with E-state index in [0.717, 1.165) is 6.42 Å². The van der Waals surface area contributed by atoms with Crippen molar-refractivity contribution >= 4 is 17.0 Å². The van der Waals surface area contributed by atoms with E-state index in [4.69, 9.17) is 0 Å². The lowest BCUT2D eigenvalue weighted by Crippen LogP contribution is -2.22. The molecule has 1 aromatic carbocycles. The predicted molar refractivity (Wildman–Crippen MR) is 73.7 cm³/mol. The Balaban J connectivity index is 2.69. The van der Waals surface area contributed by atoms with Gasteiger partial charge in [-0.15, -0.1) is 0 Å². The lowest BCUT2D eigenvalue weighted by atomic mass is 10.0. The van der Waals surface area contributed by atoms with Crippen molar-refractivity contribution in [3.05, 3.63) is 34.2 Å². The lowest BCUT2D eigenvalue weighted by Gasteiger charge is -2.16. The van der Waals surface area contributed by atoms with Gasteiger partial charge in [-0.05, 0) is 31.4 Å². The molecule has 1 aromatic heterocycles. The third-order valence-corrected chi connectivity index (χ3v) is 3.22. The van der Waals surface area contributed by atoms with Crippen LogP contribution in [0.15, 0.2) is 23.0 Å². The number of rotatable bonds is 4. The molecule has 0 fully saturated rings. The van der Waals surface area contributed by atoms with Crippen molar-refractivity contribution in [2.24, 2.45) is 5.92 Å². The molecule has 0 aliphatic carbocycles. The van der Waals surface area contributed by atoms with Crippen molar-refractivity contribution in [2.75, 3.05) is 0 Å². The molecule has 2 aromatic rings. The Morgan fingerprint density at radius 2 is 2.05 bits per heavy atom. The highest BCUT2D eigenvalue weighted by atomic mass is 16.4. The fraction of sp³-hybridized carbons (Fsp3) is 0.429. The Morgan fingerprint density at radius 3 is 2.63 bits per heavy atom. The van der Waals surface area contributed by atoms with Gasteiger partial charge in [0, 0.05) is 6.04 Å². The van der Waals surface area contributed by atoms with E-state index in [9.17, 15) is 14.7 Å². The first kappa shape index (κ1) is 13.4. The highest BCUT2D eigenvalue weighted by Crippen LogP contribution is 2.23. The minimum absolute atomic E-state index is 0.0400. The number of aromatic nitrogens is 2. The number of para-hydroxylation sites is 1. The second-order valence-electron chi connectivity index (χ2n) is 5.29. The molecule has 1 heterocycles. The van der Waals surface area contributed by atoms with E-state index in [2.05, 4.69) is 18.8 Å². The van der Waals surface area contributed by atoms with Crippen LogP contribution in [0.3, 0.4) is 0 Å². The van der Waals surface area contributed by atoms with E-state index in [1.165, 1.54) is 6.07 Å². The third kappa shape index (κ3) is 2.41.